The maximum atomic E-state index is 12.0. The fraction of sp³-hybridized carbons (Fsp3) is 0.471. The van der Waals surface area contributed by atoms with E-state index in [9.17, 15) is 15.0 Å². The maximum Gasteiger partial charge on any atom is 0.246 e. The molecule has 1 amide bonds. The predicted molar refractivity (Wildman–Crippen MR) is 83.1 cm³/mol. The molecule has 1 aromatic rings. The van der Waals surface area contributed by atoms with Crippen molar-refractivity contribution in [2.45, 2.75) is 31.5 Å². The number of piperidine rings is 1. The molecule has 23 heavy (non-hydrogen) atoms. The van der Waals surface area contributed by atoms with Crippen LogP contribution in [-0.2, 0) is 4.79 Å². The third kappa shape index (κ3) is 3.65. The molecule has 0 aromatic heterocycles. The van der Waals surface area contributed by atoms with Crippen LogP contribution in [0.25, 0.3) is 0 Å². The third-order valence-corrected chi connectivity index (χ3v) is 4.17. The van der Waals surface area contributed by atoms with Crippen LogP contribution in [0, 0.1) is 0 Å². The van der Waals surface area contributed by atoms with E-state index in [1.54, 1.807) is 23.1 Å². The Morgan fingerprint density at radius 2 is 1.87 bits per heavy atom. The molecule has 0 aliphatic carbocycles. The number of rotatable bonds is 4. The van der Waals surface area contributed by atoms with Gasteiger partial charge in [0, 0.05) is 19.2 Å². The number of amides is 1. The Morgan fingerprint density at radius 1 is 1.13 bits per heavy atom. The molecule has 0 saturated carbocycles. The van der Waals surface area contributed by atoms with Crippen LogP contribution < -0.4 is 9.47 Å². The first-order valence-electron chi connectivity index (χ1n) is 7.88. The number of likely N-dealkylation sites (tertiary alicyclic amines) is 1. The lowest BCUT2D eigenvalue weighted by atomic mass is 10.0. The summed E-state index contributed by atoms with van der Waals surface area (Å²) >= 11 is 0. The molecular weight excluding hydrogens is 298 g/mol. The van der Waals surface area contributed by atoms with E-state index < -0.39 is 12.2 Å². The van der Waals surface area contributed by atoms with Crippen LogP contribution in [0.5, 0.6) is 11.5 Å². The average Bonchev–Trinajstić information content (AvgIpc) is 3.07. The summed E-state index contributed by atoms with van der Waals surface area (Å²) < 4.78 is 10.5. The molecular formula is C17H21NO5. The fourth-order valence-corrected chi connectivity index (χ4v) is 2.80. The van der Waals surface area contributed by atoms with Crippen molar-refractivity contribution in [3.63, 3.8) is 0 Å². The Morgan fingerprint density at radius 3 is 2.65 bits per heavy atom. The summed E-state index contributed by atoms with van der Waals surface area (Å²) in [5.41, 5.74) is 0.511. The summed E-state index contributed by atoms with van der Waals surface area (Å²) in [4.78, 5) is 13.8. The highest BCUT2D eigenvalue weighted by Crippen LogP contribution is 2.34. The number of aliphatic hydroxyl groups is 2. The van der Waals surface area contributed by atoms with Gasteiger partial charge in [-0.2, -0.15) is 0 Å². The molecule has 1 aromatic carbocycles. The van der Waals surface area contributed by atoms with Crippen LogP contribution >= 0.6 is 0 Å². The summed E-state index contributed by atoms with van der Waals surface area (Å²) in [7, 11) is 0. The molecule has 2 heterocycles. The molecule has 0 radical (unpaired) electrons. The van der Waals surface area contributed by atoms with Crippen molar-refractivity contribution in [2.24, 2.45) is 0 Å². The van der Waals surface area contributed by atoms with Crippen molar-refractivity contribution >= 4 is 5.91 Å². The standard InChI is InChI=1S/C17H21NO5/c19-13(5-7-16(20)18-8-2-1-3-9-18)17(21)12-4-6-14-15(10-12)23-11-22-14/h4-7,10,13,17,19,21H,1-3,8-9,11H2/b7-5+/t13-,17-/m0/s1. The largest absolute Gasteiger partial charge is 0.454 e. The fourth-order valence-electron chi connectivity index (χ4n) is 2.80. The number of aliphatic hydroxyl groups excluding tert-OH is 2. The van der Waals surface area contributed by atoms with Crippen LogP contribution in [0.1, 0.15) is 30.9 Å². The van der Waals surface area contributed by atoms with E-state index in [1.807, 2.05) is 0 Å². The first kappa shape index (κ1) is 15.8. The van der Waals surface area contributed by atoms with E-state index in [0.29, 0.717) is 17.1 Å². The van der Waals surface area contributed by atoms with Gasteiger partial charge in [-0.05, 0) is 43.0 Å². The van der Waals surface area contributed by atoms with Gasteiger partial charge in [-0.1, -0.05) is 6.07 Å². The molecule has 124 valence electrons. The SMILES string of the molecule is O=C(/C=C/[C@H](O)[C@@H](O)c1ccc2c(c1)OCO2)N1CCCCC1. The highest BCUT2D eigenvalue weighted by atomic mass is 16.7. The normalized spacial score (nSPS) is 19.8. The van der Waals surface area contributed by atoms with Gasteiger partial charge in [-0.15, -0.1) is 0 Å². The number of hydrogen-bond acceptors (Lipinski definition) is 5. The molecule has 2 aliphatic heterocycles. The number of carbonyl (C=O) groups excluding carboxylic acids is 1. The first-order valence-corrected chi connectivity index (χ1v) is 7.88. The smallest absolute Gasteiger partial charge is 0.246 e. The first-order chi connectivity index (χ1) is 11.1. The molecule has 2 N–H and O–H groups in total. The van der Waals surface area contributed by atoms with E-state index >= 15 is 0 Å². The van der Waals surface area contributed by atoms with Gasteiger partial charge in [0.05, 0.1) is 0 Å². The van der Waals surface area contributed by atoms with Gasteiger partial charge in [-0.25, -0.2) is 0 Å². The van der Waals surface area contributed by atoms with Gasteiger partial charge in [-0.3, -0.25) is 4.79 Å². The van der Waals surface area contributed by atoms with E-state index in [-0.39, 0.29) is 12.7 Å². The monoisotopic (exact) mass is 319 g/mol. The number of ether oxygens (including phenoxy) is 2. The van der Waals surface area contributed by atoms with E-state index in [1.165, 1.54) is 12.2 Å². The van der Waals surface area contributed by atoms with Gasteiger partial charge >= 0.3 is 0 Å². The lowest BCUT2D eigenvalue weighted by Gasteiger charge is -2.25. The minimum atomic E-state index is -1.16. The molecule has 1 fully saturated rings. The zero-order valence-corrected chi connectivity index (χ0v) is 12.9. The van der Waals surface area contributed by atoms with Crippen molar-refractivity contribution in [3.05, 3.63) is 35.9 Å². The summed E-state index contributed by atoms with van der Waals surface area (Å²) in [5, 5.41) is 20.3. The molecule has 0 spiro atoms. The molecule has 2 atom stereocenters. The lowest BCUT2D eigenvalue weighted by molar-refractivity contribution is -0.126. The molecule has 1 saturated heterocycles. The van der Waals surface area contributed by atoms with Gasteiger partial charge in [0.25, 0.3) is 0 Å². The molecule has 3 rings (SSSR count). The zero-order chi connectivity index (χ0) is 16.2. The Bertz CT molecular complexity index is 595. The number of nitrogens with zero attached hydrogens (tertiary/aromatic N) is 1. The maximum absolute atomic E-state index is 12.0. The zero-order valence-electron chi connectivity index (χ0n) is 12.9. The minimum absolute atomic E-state index is 0.123. The minimum Gasteiger partial charge on any atom is -0.454 e. The van der Waals surface area contributed by atoms with Gasteiger partial charge in [0.15, 0.2) is 11.5 Å². The molecule has 2 aliphatic rings. The van der Waals surface area contributed by atoms with E-state index in [4.69, 9.17) is 9.47 Å². The van der Waals surface area contributed by atoms with E-state index in [2.05, 4.69) is 0 Å². The van der Waals surface area contributed by atoms with Crippen molar-refractivity contribution in [3.8, 4) is 11.5 Å². The van der Waals surface area contributed by atoms with Gasteiger partial charge in [0.1, 0.15) is 12.2 Å². The van der Waals surface area contributed by atoms with E-state index in [0.717, 1.165) is 32.4 Å². The predicted octanol–water partition coefficient (Wildman–Crippen LogP) is 1.38. The second-order valence-corrected chi connectivity index (χ2v) is 5.79. The Kier molecular flexibility index (Phi) is 4.83. The van der Waals surface area contributed by atoms with Crippen LogP contribution in [0.4, 0.5) is 0 Å². The van der Waals surface area contributed by atoms with Gasteiger partial charge in [0.2, 0.25) is 12.7 Å². The highest BCUT2D eigenvalue weighted by Gasteiger charge is 2.21. The Labute approximate surface area is 134 Å². The quantitative estimate of drug-likeness (QED) is 0.820. The Balaban J connectivity index is 1.61. The topological polar surface area (TPSA) is 79.2 Å². The molecule has 6 heteroatoms. The molecule has 0 bridgehead atoms. The van der Waals surface area contributed by atoms with Crippen LogP contribution in [-0.4, -0.2) is 47.0 Å². The van der Waals surface area contributed by atoms with Crippen molar-refractivity contribution in [1.82, 2.24) is 4.90 Å². The van der Waals surface area contributed by atoms with Crippen molar-refractivity contribution < 1.29 is 24.5 Å². The van der Waals surface area contributed by atoms with Crippen LogP contribution in [0.2, 0.25) is 0 Å². The van der Waals surface area contributed by atoms with Crippen molar-refractivity contribution in [2.75, 3.05) is 19.9 Å². The van der Waals surface area contributed by atoms with Crippen LogP contribution in [0.15, 0.2) is 30.4 Å². The van der Waals surface area contributed by atoms with Gasteiger partial charge < -0.3 is 24.6 Å². The summed E-state index contributed by atoms with van der Waals surface area (Å²) in [5.74, 6) is 1.04. The third-order valence-electron chi connectivity index (χ3n) is 4.17. The molecule has 0 unspecified atom stereocenters. The van der Waals surface area contributed by atoms with Crippen LogP contribution in [0.3, 0.4) is 0 Å². The second kappa shape index (κ2) is 7.02. The average molecular weight is 319 g/mol. The summed E-state index contributed by atoms with van der Waals surface area (Å²) in [6.07, 6.45) is 3.57. The number of hydrogen-bond donors (Lipinski definition) is 2. The Hall–Kier alpha value is -2.05. The highest BCUT2D eigenvalue weighted by molar-refractivity contribution is 5.87. The number of benzene rings is 1. The molecule has 6 nitrogen and oxygen atoms in total. The number of carbonyl (C=O) groups is 1. The second-order valence-electron chi connectivity index (χ2n) is 5.79. The summed E-state index contributed by atoms with van der Waals surface area (Å²) in [6, 6.07) is 4.99. The van der Waals surface area contributed by atoms with Crippen molar-refractivity contribution in [1.29, 1.82) is 0 Å². The number of fused-ring (bicyclic) bond motifs is 1. The lowest BCUT2D eigenvalue weighted by Crippen LogP contribution is -2.34. The summed E-state index contributed by atoms with van der Waals surface area (Å²) in [6.45, 7) is 1.66.